The molecule has 148 valence electrons. The predicted molar refractivity (Wildman–Crippen MR) is 99.8 cm³/mol. The van der Waals surface area contributed by atoms with Crippen LogP contribution in [0.5, 0.6) is 0 Å². The molecule has 3 fully saturated rings. The fourth-order valence-corrected chi connectivity index (χ4v) is 4.61. The van der Waals surface area contributed by atoms with Crippen LogP contribution in [0, 0.1) is 5.41 Å². The molecule has 7 nitrogen and oxygen atoms in total. The number of piperazine rings is 1. The second kappa shape index (κ2) is 8.67. The minimum absolute atomic E-state index is 0.0860. The Morgan fingerprint density at radius 1 is 1.00 bits per heavy atom. The van der Waals surface area contributed by atoms with Crippen molar-refractivity contribution in [3.05, 3.63) is 0 Å². The highest BCUT2D eigenvalue weighted by molar-refractivity contribution is 5.83. The Kier molecular flexibility index (Phi) is 6.53. The molecule has 3 rings (SSSR count). The summed E-state index contributed by atoms with van der Waals surface area (Å²) in [5.41, 5.74) is -0.376. The maximum Gasteiger partial charge on any atom is 0.239 e. The van der Waals surface area contributed by atoms with Crippen molar-refractivity contribution >= 4 is 11.8 Å². The van der Waals surface area contributed by atoms with Gasteiger partial charge in [-0.15, -0.1) is 0 Å². The lowest BCUT2D eigenvalue weighted by molar-refractivity contribution is -0.150. The minimum Gasteiger partial charge on any atom is -0.384 e. The van der Waals surface area contributed by atoms with E-state index < -0.39 is 0 Å². The van der Waals surface area contributed by atoms with Crippen LogP contribution < -0.4 is 5.32 Å². The Balaban J connectivity index is 1.55. The molecule has 0 aliphatic carbocycles. The molecule has 0 aromatic heterocycles. The zero-order valence-electron chi connectivity index (χ0n) is 16.3. The molecule has 1 unspecified atom stereocenters. The van der Waals surface area contributed by atoms with Gasteiger partial charge in [-0.1, -0.05) is 0 Å². The predicted octanol–water partition coefficient (Wildman–Crippen LogP) is 0.158. The van der Waals surface area contributed by atoms with Crippen LogP contribution in [-0.4, -0.2) is 98.6 Å². The molecule has 3 aliphatic heterocycles. The first kappa shape index (κ1) is 19.6. The molecule has 3 heterocycles. The number of rotatable bonds is 5. The fourth-order valence-electron chi connectivity index (χ4n) is 4.61. The molecule has 0 aromatic carbocycles. The number of nitrogens with zero attached hydrogens (tertiary/aromatic N) is 3. The highest BCUT2D eigenvalue weighted by Gasteiger charge is 2.43. The molecule has 0 radical (unpaired) electrons. The van der Waals surface area contributed by atoms with Crippen LogP contribution in [0.25, 0.3) is 0 Å². The third kappa shape index (κ3) is 4.05. The van der Waals surface area contributed by atoms with Crippen LogP contribution in [0.3, 0.4) is 0 Å². The van der Waals surface area contributed by atoms with Gasteiger partial charge >= 0.3 is 0 Å². The van der Waals surface area contributed by atoms with E-state index in [-0.39, 0.29) is 23.3 Å². The van der Waals surface area contributed by atoms with Gasteiger partial charge in [-0.25, -0.2) is 0 Å². The van der Waals surface area contributed by atoms with Gasteiger partial charge in [0.2, 0.25) is 11.8 Å². The number of hydrogen-bond donors (Lipinski definition) is 1. The van der Waals surface area contributed by atoms with E-state index in [1.165, 1.54) is 0 Å². The van der Waals surface area contributed by atoms with Crippen LogP contribution >= 0.6 is 0 Å². The first-order chi connectivity index (χ1) is 12.6. The summed E-state index contributed by atoms with van der Waals surface area (Å²) >= 11 is 0. The van der Waals surface area contributed by atoms with E-state index in [1.54, 1.807) is 7.11 Å². The lowest BCUT2D eigenvalue weighted by Crippen LogP contribution is -2.59. The monoisotopic (exact) mass is 366 g/mol. The Bertz CT molecular complexity index is 488. The van der Waals surface area contributed by atoms with Gasteiger partial charge in [-0.2, -0.15) is 0 Å². The summed E-state index contributed by atoms with van der Waals surface area (Å²) in [7, 11) is 1.68. The molecule has 0 bridgehead atoms. The number of carbonyl (C=O) groups excluding carboxylic acids is 2. The van der Waals surface area contributed by atoms with E-state index >= 15 is 0 Å². The Morgan fingerprint density at radius 3 is 2.19 bits per heavy atom. The Hall–Kier alpha value is -1.18. The minimum atomic E-state index is -0.376. The number of likely N-dealkylation sites (tertiary alicyclic amines) is 1. The van der Waals surface area contributed by atoms with Crippen molar-refractivity contribution in [2.24, 2.45) is 5.41 Å². The number of methoxy groups -OCH3 is 1. The zero-order chi connectivity index (χ0) is 18.6. The molecule has 3 aliphatic rings. The number of ether oxygens (including phenoxy) is 1. The second-order valence-electron chi connectivity index (χ2n) is 8.00. The number of hydrogen-bond acceptors (Lipinski definition) is 5. The van der Waals surface area contributed by atoms with E-state index in [0.717, 1.165) is 65.0 Å². The topological polar surface area (TPSA) is 65.1 Å². The van der Waals surface area contributed by atoms with Crippen molar-refractivity contribution in [3.8, 4) is 0 Å². The summed E-state index contributed by atoms with van der Waals surface area (Å²) < 4.78 is 5.41. The smallest absolute Gasteiger partial charge is 0.239 e. The van der Waals surface area contributed by atoms with E-state index in [0.29, 0.717) is 19.7 Å². The Morgan fingerprint density at radius 2 is 1.62 bits per heavy atom. The SMILES string of the molecule is COCC1(C(=O)N2CCN(C(C)C(=O)N3CCCC3)CC2)CCNCC1. The third-order valence-electron chi connectivity index (χ3n) is 6.36. The molecule has 1 N–H and O–H groups in total. The van der Waals surface area contributed by atoms with E-state index in [9.17, 15) is 9.59 Å². The molecule has 1 atom stereocenters. The second-order valence-corrected chi connectivity index (χ2v) is 8.00. The first-order valence-electron chi connectivity index (χ1n) is 10.1. The zero-order valence-corrected chi connectivity index (χ0v) is 16.3. The lowest BCUT2D eigenvalue weighted by atomic mass is 9.78. The number of carbonyl (C=O) groups is 2. The number of piperidine rings is 1. The standard InChI is InChI=1S/C19H34N4O3/c1-16(17(24)22-9-3-4-10-22)21-11-13-23(14-12-21)18(25)19(15-26-2)5-7-20-8-6-19/h16,20H,3-15H2,1-2H3. The molecule has 0 saturated carbocycles. The molecule has 7 heteroatoms. The maximum absolute atomic E-state index is 13.2. The molecule has 26 heavy (non-hydrogen) atoms. The van der Waals surface area contributed by atoms with Gasteiger partial charge in [0, 0.05) is 46.4 Å². The van der Waals surface area contributed by atoms with Gasteiger partial charge in [0.1, 0.15) is 0 Å². The van der Waals surface area contributed by atoms with Crippen molar-refractivity contribution in [2.75, 3.05) is 66.1 Å². The van der Waals surface area contributed by atoms with Crippen molar-refractivity contribution < 1.29 is 14.3 Å². The van der Waals surface area contributed by atoms with Crippen molar-refractivity contribution in [2.45, 2.75) is 38.6 Å². The fraction of sp³-hybridized carbons (Fsp3) is 0.895. The van der Waals surface area contributed by atoms with Crippen LogP contribution in [-0.2, 0) is 14.3 Å². The molecule has 0 aromatic rings. The third-order valence-corrected chi connectivity index (χ3v) is 6.36. The Labute approximate surface area is 157 Å². The van der Waals surface area contributed by atoms with Gasteiger partial charge in [0.25, 0.3) is 0 Å². The van der Waals surface area contributed by atoms with E-state index in [4.69, 9.17) is 4.74 Å². The van der Waals surface area contributed by atoms with Gasteiger partial charge in [-0.05, 0) is 45.7 Å². The van der Waals surface area contributed by atoms with Gasteiger partial charge in [0.05, 0.1) is 18.1 Å². The highest BCUT2D eigenvalue weighted by atomic mass is 16.5. The highest BCUT2D eigenvalue weighted by Crippen LogP contribution is 2.32. The normalized spacial score (nSPS) is 25.3. The lowest BCUT2D eigenvalue weighted by Gasteiger charge is -2.43. The summed E-state index contributed by atoms with van der Waals surface area (Å²) in [5.74, 6) is 0.482. The molecule has 0 spiro atoms. The summed E-state index contributed by atoms with van der Waals surface area (Å²) in [4.78, 5) is 32.0. The van der Waals surface area contributed by atoms with E-state index in [2.05, 4.69) is 10.2 Å². The van der Waals surface area contributed by atoms with Gasteiger partial charge in [0.15, 0.2) is 0 Å². The van der Waals surface area contributed by atoms with Crippen molar-refractivity contribution in [3.63, 3.8) is 0 Å². The number of amides is 2. The van der Waals surface area contributed by atoms with Crippen LogP contribution in [0.15, 0.2) is 0 Å². The molecular weight excluding hydrogens is 332 g/mol. The average molecular weight is 367 g/mol. The van der Waals surface area contributed by atoms with Crippen LogP contribution in [0.1, 0.15) is 32.6 Å². The van der Waals surface area contributed by atoms with Crippen molar-refractivity contribution in [1.29, 1.82) is 0 Å². The molecule has 3 saturated heterocycles. The molecule has 2 amide bonds. The first-order valence-corrected chi connectivity index (χ1v) is 10.1. The number of nitrogens with one attached hydrogen (secondary N) is 1. The van der Waals surface area contributed by atoms with Crippen molar-refractivity contribution in [1.82, 2.24) is 20.0 Å². The largest absolute Gasteiger partial charge is 0.384 e. The maximum atomic E-state index is 13.2. The molecular formula is C19H34N4O3. The summed E-state index contributed by atoms with van der Waals surface area (Å²) in [6.45, 7) is 9.00. The van der Waals surface area contributed by atoms with Gasteiger partial charge in [-0.3, -0.25) is 14.5 Å². The van der Waals surface area contributed by atoms with Crippen LogP contribution in [0.4, 0.5) is 0 Å². The summed E-state index contributed by atoms with van der Waals surface area (Å²) in [6, 6.07) is -0.0860. The average Bonchev–Trinajstić information content (AvgIpc) is 3.22. The van der Waals surface area contributed by atoms with Crippen LogP contribution in [0.2, 0.25) is 0 Å². The van der Waals surface area contributed by atoms with Gasteiger partial charge < -0.3 is 19.9 Å². The quantitative estimate of drug-likeness (QED) is 0.751. The van der Waals surface area contributed by atoms with E-state index in [1.807, 2.05) is 16.7 Å². The summed E-state index contributed by atoms with van der Waals surface area (Å²) in [5, 5.41) is 3.34. The summed E-state index contributed by atoms with van der Waals surface area (Å²) in [6.07, 6.45) is 3.92.